The van der Waals surface area contributed by atoms with Crippen LogP contribution in [0.25, 0.3) is 0 Å². The highest BCUT2D eigenvalue weighted by atomic mass is 35.5. The topological polar surface area (TPSA) is 47.2 Å². The summed E-state index contributed by atoms with van der Waals surface area (Å²) in [5.74, 6) is 0.963. The van der Waals surface area contributed by atoms with Crippen molar-refractivity contribution in [2.75, 3.05) is 44.6 Å². The van der Waals surface area contributed by atoms with Gasteiger partial charge in [-0.15, -0.1) is 0 Å². The van der Waals surface area contributed by atoms with Gasteiger partial charge in [0.25, 0.3) is 5.91 Å². The fraction of sp³-hybridized carbons (Fsp3) is 0.458. The maximum atomic E-state index is 12.9. The summed E-state index contributed by atoms with van der Waals surface area (Å²) in [6.07, 6.45) is 0. The average molecular weight is 432 g/mol. The number of ether oxygens (including phenoxy) is 1. The molecule has 1 amide bonds. The number of nitrogens with one attached hydrogen (secondary N) is 3. The number of carbonyl (C=O) groups excluding carboxylic acids is 1. The molecule has 0 bridgehead atoms. The number of benzene rings is 2. The van der Waals surface area contributed by atoms with Gasteiger partial charge in [0, 0.05) is 10.7 Å². The minimum atomic E-state index is -0.0584. The molecule has 0 unspecified atom stereocenters. The van der Waals surface area contributed by atoms with Crippen molar-refractivity contribution in [2.45, 2.75) is 33.7 Å². The van der Waals surface area contributed by atoms with Gasteiger partial charge >= 0.3 is 0 Å². The highest BCUT2D eigenvalue weighted by Crippen LogP contribution is 2.21. The summed E-state index contributed by atoms with van der Waals surface area (Å²) in [5, 5.41) is 3.89. The van der Waals surface area contributed by atoms with E-state index in [0.717, 1.165) is 60.3 Å². The van der Waals surface area contributed by atoms with E-state index in [4.69, 9.17) is 16.3 Å². The molecule has 2 aromatic carbocycles. The van der Waals surface area contributed by atoms with Crippen molar-refractivity contribution in [3.63, 3.8) is 0 Å². The second kappa shape index (κ2) is 10.3. The molecular weight excluding hydrogens is 398 g/mol. The zero-order chi connectivity index (χ0) is 21.7. The molecule has 1 aliphatic heterocycles. The molecule has 3 rings (SSSR count). The van der Waals surface area contributed by atoms with E-state index >= 15 is 0 Å². The van der Waals surface area contributed by atoms with E-state index in [1.54, 1.807) is 0 Å². The van der Waals surface area contributed by atoms with Crippen molar-refractivity contribution in [3.8, 4) is 5.75 Å². The first-order valence-corrected chi connectivity index (χ1v) is 11.2. The molecule has 5 nitrogen and oxygen atoms in total. The molecule has 6 heteroatoms. The number of hydrogen-bond acceptors (Lipinski definition) is 2. The lowest BCUT2D eigenvalue weighted by atomic mass is 10.0. The minimum Gasteiger partial charge on any atom is -0.488 e. The Hall–Kier alpha value is -2.08. The molecule has 0 saturated carbocycles. The predicted octanol–water partition coefficient (Wildman–Crippen LogP) is 1.45. The van der Waals surface area contributed by atoms with Crippen LogP contribution in [0.2, 0.25) is 5.02 Å². The molecule has 30 heavy (non-hydrogen) atoms. The molecule has 1 fully saturated rings. The monoisotopic (exact) mass is 431 g/mol. The normalized spacial score (nSPS) is 19.9. The predicted molar refractivity (Wildman–Crippen MR) is 122 cm³/mol. The Balaban J connectivity index is 1.44. The van der Waals surface area contributed by atoms with Gasteiger partial charge in [0.05, 0.1) is 0 Å². The summed E-state index contributed by atoms with van der Waals surface area (Å²) < 4.78 is 5.82. The third-order valence-electron chi connectivity index (χ3n) is 6.07. The summed E-state index contributed by atoms with van der Waals surface area (Å²) in [4.78, 5) is 15.8. The average Bonchev–Trinajstić information content (AvgIpc) is 2.72. The van der Waals surface area contributed by atoms with E-state index in [1.807, 2.05) is 31.2 Å². The van der Waals surface area contributed by atoms with Crippen LogP contribution >= 0.6 is 11.6 Å². The van der Waals surface area contributed by atoms with Crippen LogP contribution in [0.3, 0.4) is 0 Å². The van der Waals surface area contributed by atoms with Crippen LogP contribution in [0.15, 0.2) is 36.4 Å². The Labute approximate surface area is 185 Å². The van der Waals surface area contributed by atoms with Gasteiger partial charge in [-0.05, 0) is 63.1 Å². The Morgan fingerprint density at radius 3 is 2.27 bits per heavy atom. The zero-order valence-electron chi connectivity index (χ0n) is 18.5. The second-order valence-electron chi connectivity index (χ2n) is 8.45. The molecule has 0 radical (unpaired) electrons. The SMILES string of the molecule is Cc1cc(C)c(NC(=O)[C@@H](C)[NH+]2CC[NH+](CCOc3ccc(Cl)cc3)CC2)c(C)c1. The highest BCUT2D eigenvalue weighted by molar-refractivity contribution is 6.30. The second-order valence-corrected chi connectivity index (χ2v) is 8.88. The molecule has 0 aromatic heterocycles. The van der Waals surface area contributed by atoms with Gasteiger partial charge < -0.3 is 19.9 Å². The number of anilines is 1. The van der Waals surface area contributed by atoms with Gasteiger partial charge in [-0.25, -0.2) is 0 Å². The van der Waals surface area contributed by atoms with Crippen molar-refractivity contribution in [2.24, 2.45) is 0 Å². The Bertz CT molecular complexity index is 838. The first-order chi connectivity index (χ1) is 14.3. The first kappa shape index (κ1) is 22.6. The van der Waals surface area contributed by atoms with Crippen molar-refractivity contribution < 1.29 is 19.3 Å². The summed E-state index contributed by atoms with van der Waals surface area (Å²) in [6.45, 7) is 14.0. The van der Waals surface area contributed by atoms with Crippen molar-refractivity contribution >= 4 is 23.2 Å². The maximum absolute atomic E-state index is 12.9. The van der Waals surface area contributed by atoms with Crippen LogP contribution in [0, 0.1) is 20.8 Å². The number of aryl methyl sites for hydroxylation is 3. The van der Waals surface area contributed by atoms with Crippen LogP contribution in [0.4, 0.5) is 5.69 Å². The van der Waals surface area contributed by atoms with Crippen LogP contribution < -0.4 is 19.9 Å². The lowest BCUT2D eigenvalue weighted by Gasteiger charge is -2.32. The van der Waals surface area contributed by atoms with Gasteiger partial charge in [-0.1, -0.05) is 29.3 Å². The molecule has 0 aliphatic carbocycles. The van der Waals surface area contributed by atoms with Crippen molar-refractivity contribution in [1.29, 1.82) is 0 Å². The molecular formula is C24H34ClN3O2+2. The Morgan fingerprint density at radius 1 is 1.07 bits per heavy atom. The molecule has 1 saturated heterocycles. The lowest BCUT2D eigenvalue weighted by molar-refractivity contribution is -1.02. The Kier molecular flexibility index (Phi) is 7.75. The molecule has 3 N–H and O–H groups in total. The van der Waals surface area contributed by atoms with Crippen LogP contribution in [-0.4, -0.2) is 51.3 Å². The number of carbonyl (C=O) groups is 1. The molecule has 1 aliphatic rings. The van der Waals surface area contributed by atoms with E-state index < -0.39 is 0 Å². The number of rotatable bonds is 7. The quantitative estimate of drug-likeness (QED) is 0.621. The van der Waals surface area contributed by atoms with Gasteiger partial charge in [-0.3, -0.25) is 4.79 Å². The zero-order valence-corrected chi connectivity index (χ0v) is 19.2. The maximum Gasteiger partial charge on any atom is 0.282 e. The fourth-order valence-corrected chi connectivity index (χ4v) is 4.37. The summed E-state index contributed by atoms with van der Waals surface area (Å²) >= 11 is 5.91. The largest absolute Gasteiger partial charge is 0.488 e. The minimum absolute atomic E-state index is 0.0584. The third-order valence-corrected chi connectivity index (χ3v) is 6.32. The van der Waals surface area contributed by atoms with Gasteiger partial charge in [-0.2, -0.15) is 0 Å². The van der Waals surface area contributed by atoms with E-state index in [1.165, 1.54) is 15.4 Å². The molecule has 1 atom stereocenters. The number of amides is 1. The van der Waals surface area contributed by atoms with Crippen molar-refractivity contribution in [1.82, 2.24) is 0 Å². The van der Waals surface area contributed by atoms with Gasteiger partial charge in [0.1, 0.15) is 45.1 Å². The van der Waals surface area contributed by atoms with Crippen LogP contribution in [-0.2, 0) is 4.79 Å². The number of halogens is 1. The van der Waals surface area contributed by atoms with E-state index in [9.17, 15) is 4.79 Å². The van der Waals surface area contributed by atoms with E-state index in [0.29, 0.717) is 6.61 Å². The van der Waals surface area contributed by atoms with Crippen LogP contribution in [0.5, 0.6) is 5.75 Å². The van der Waals surface area contributed by atoms with Crippen LogP contribution in [0.1, 0.15) is 23.6 Å². The van der Waals surface area contributed by atoms with E-state index in [2.05, 4.69) is 38.2 Å². The summed E-state index contributed by atoms with van der Waals surface area (Å²) in [5.41, 5.74) is 4.43. The van der Waals surface area contributed by atoms with Gasteiger partial charge in [0.2, 0.25) is 0 Å². The number of quaternary nitrogens is 2. The van der Waals surface area contributed by atoms with Crippen molar-refractivity contribution in [3.05, 3.63) is 58.1 Å². The molecule has 0 spiro atoms. The van der Waals surface area contributed by atoms with Gasteiger partial charge in [0.15, 0.2) is 6.04 Å². The summed E-state index contributed by atoms with van der Waals surface area (Å²) in [7, 11) is 0. The standard InChI is InChI=1S/C24H32ClN3O2/c1-17-15-18(2)23(19(3)16-17)26-24(29)20(4)28-11-9-27(10-12-28)13-14-30-22-7-5-21(25)6-8-22/h5-8,15-16,20H,9-14H2,1-4H3,(H,26,29)/p+2/t20-/m1/s1. The first-order valence-electron chi connectivity index (χ1n) is 10.8. The molecule has 1 heterocycles. The third kappa shape index (κ3) is 5.97. The Morgan fingerprint density at radius 2 is 1.67 bits per heavy atom. The molecule has 162 valence electrons. The highest BCUT2D eigenvalue weighted by Gasteiger charge is 2.31. The van der Waals surface area contributed by atoms with E-state index in [-0.39, 0.29) is 11.9 Å². The fourth-order valence-electron chi connectivity index (χ4n) is 4.25. The lowest BCUT2D eigenvalue weighted by Crippen LogP contribution is -3.30. The summed E-state index contributed by atoms with van der Waals surface area (Å²) in [6, 6.07) is 11.7. The number of hydrogen-bond donors (Lipinski definition) is 3. The number of piperazine rings is 1. The smallest absolute Gasteiger partial charge is 0.282 e. The molecule has 2 aromatic rings.